The summed E-state index contributed by atoms with van der Waals surface area (Å²) in [7, 11) is 0. The molecule has 0 aliphatic rings. The third-order valence-electron chi connectivity index (χ3n) is 2.81. The Balaban J connectivity index is 3.09. The van der Waals surface area contributed by atoms with E-state index in [0.717, 1.165) is 12.1 Å². The Morgan fingerprint density at radius 3 is 2.40 bits per heavy atom. The van der Waals surface area contributed by atoms with Crippen LogP contribution in [-0.2, 0) is 12.6 Å². The smallest absolute Gasteiger partial charge is 0.393 e. The molecule has 0 aliphatic carbocycles. The van der Waals surface area contributed by atoms with Crippen molar-refractivity contribution in [1.29, 1.82) is 0 Å². The Morgan fingerprint density at radius 1 is 1.35 bits per heavy atom. The summed E-state index contributed by atoms with van der Waals surface area (Å²) in [5.41, 5.74) is -1.80. The first-order chi connectivity index (χ1) is 9.11. The van der Waals surface area contributed by atoms with Crippen molar-refractivity contribution in [2.45, 2.75) is 39.0 Å². The van der Waals surface area contributed by atoms with Gasteiger partial charge in [0.1, 0.15) is 0 Å². The lowest BCUT2D eigenvalue weighted by Crippen LogP contribution is -2.17. The third-order valence-corrected chi connectivity index (χ3v) is 2.81. The van der Waals surface area contributed by atoms with Gasteiger partial charge in [-0.3, -0.25) is 10.1 Å². The van der Waals surface area contributed by atoms with E-state index >= 15 is 0 Å². The van der Waals surface area contributed by atoms with Crippen LogP contribution in [0.2, 0.25) is 0 Å². The average Bonchev–Trinajstić information content (AvgIpc) is 2.26. The Kier molecular flexibility index (Phi) is 5.10. The van der Waals surface area contributed by atoms with E-state index in [1.54, 1.807) is 0 Å². The lowest BCUT2D eigenvalue weighted by atomic mass is 9.96. The number of aliphatic hydroxyl groups is 1. The molecule has 0 saturated carbocycles. The number of hydrogen-bond donors (Lipinski definition) is 1. The molecular weight excluding hydrogens is 275 g/mol. The van der Waals surface area contributed by atoms with Gasteiger partial charge in [-0.25, -0.2) is 0 Å². The molecule has 1 atom stereocenters. The maximum absolute atomic E-state index is 12.9. The van der Waals surface area contributed by atoms with Crippen molar-refractivity contribution < 1.29 is 23.2 Å². The van der Waals surface area contributed by atoms with Crippen LogP contribution in [0.3, 0.4) is 0 Å². The molecule has 0 aromatic heterocycles. The number of non-ortho nitro benzene ring substituents is 1. The molecule has 1 rings (SSSR count). The predicted molar refractivity (Wildman–Crippen MR) is 67.3 cm³/mol. The van der Waals surface area contributed by atoms with Crippen LogP contribution < -0.4 is 0 Å². The van der Waals surface area contributed by atoms with Crippen LogP contribution in [0.5, 0.6) is 0 Å². The van der Waals surface area contributed by atoms with Crippen LogP contribution in [0.25, 0.3) is 0 Å². The van der Waals surface area contributed by atoms with Crippen molar-refractivity contribution in [2.75, 3.05) is 0 Å². The van der Waals surface area contributed by atoms with Crippen LogP contribution in [0.1, 0.15) is 31.4 Å². The molecule has 4 nitrogen and oxygen atoms in total. The molecule has 0 bridgehead atoms. The van der Waals surface area contributed by atoms with Crippen LogP contribution >= 0.6 is 0 Å². The Bertz CT molecular complexity index is 486. The highest BCUT2D eigenvalue weighted by molar-refractivity contribution is 5.41. The van der Waals surface area contributed by atoms with Gasteiger partial charge < -0.3 is 5.11 Å². The van der Waals surface area contributed by atoms with Crippen molar-refractivity contribution in [3.63, 3.8) is 0 Å². The third kappa shape index (κ3) is 4.48. The van der Waals surface area contributed by atoms with E-state index in [1.807, 2.05) is 13.8 Å². The molecule has 0 radical (unpaired) electrons. The summed E-state index contributed by atoms with van der Waals surface area (Å²) in [6, 6.07) is 2.59. The fourth-order valence-electron chi connectivity index (χ4n) is 2.00. The number of nitrogens with zero attached hydrogens (tertiary/aromatic N) is 1. The molecule has 1 aromatic carbocycles. The van der Waals surface area contributed by atoms with E-state index in [-0.39, 0.29) is 17.9 Å². The topological polar surface area (TPSA) is 63.4 Å². The van der Waals surface area contributed by atoms with Gasteiger partial charge in [0.05, 0.1) is 16.6 Å². The predicted octanol–water partition coefficient (Wildman–Crippen LogP) is 3.56. The largest absolute Gasteiger partial charge is 0.416 e. The Hall–Kier alpha value is -1.63. The molecule has 0 heterocycles. The highest BCUT2D eigenvalue weighted by Gasteiger charge is 2.35. The Morgan fingerprint density at radius 2 is 1.95 bits per heavy atom. The second-order valence-electron chi connectivity index (χ2n) is 5.08. The van der Waals surface area contributed by atoms with Gasteiger partial charge >= 0.3 is 6.18 Å². The normalized spacial score (nSPS) is 13.6. The standard InChI is InChI=1S/C13H16F3NO3/c1-8(2)5-11(18)6-9-3-4-10(17(19)20)7-12(9)13(14,15)16/h3-4,7-8,11,18H,5-6H2,1-2H3. The van der Waals surface area contributed by atoms with Crippen LogP contribution in [0.4, 0.5) is 18.9 Å². The zero-order valence-electron chi connectivity index (χ0n) is 11.1. The minimum Gasteiger partial charge on any atom is -0.393 e. The minimum absolute atomic E-state index is 0.128. The van der Waals surface area contributed by atoms with E-state index in [1.165, 1.54) is 0 Å². The van der Waals surface area contributed by atoms with Gasteiger partial charge in [-0.2, -0.15) is 13.2 Å². The van der Waals surface area contributed by atoms with Gasteiger partial charge in [-0.1, -0.05) is 19.9 Å². The molecule has 20 heavy (non-hydrogen) atoms. The highest BCUT2D eigenvalue weighted by atomic mass is 19.4. The van der Waals surface area contributed by atoms with Gasteiger partial charge in [-0.15, -0.1) is 0 Å². The number of hydrogen-bond acceptors (Lipinski definition) is 3. The van der Waals surface area contributed by atoms with E-state index in [4.69, 9.17) is 0 Å². The fourth-order valence-corrected chi connectivity index (χ4v) is 2.00. The zero-order chi connectivity index (χ0) is 15.5. The molecule has 1 unspecified atom stereocenters. The molecule has 7 heteroatoms. The fraction of sp³-hybridized carbons (Fsp3) is 0.538. The minimum atomic E-state index is -4.68. The monoisotopic (exact) mass is 291 g/mol. The number of halogens is 3. The molecule has 112 valence electrons. The van der Waals surface area contributed by atoms with Gasteiger partial charge in [0.15, 0.2) is 0 Å². The molecule has 0 fully saturated rings. The summed E-state index contributed by atoms with van der Waals surface area (Å²) in [4.78, 5) is 9.68. The van der Waals surface area contributed by atoms with E-state index in [9.17, 15) is 28.4 Å². The molecular formula is C13H16F3NO3. The number of rotatable bonds is 5. The van der Waals surface area contributed by atoms with Gasteiger partial charge in [-0.05, 0) is 24.3 Å². The average molecular weight is 291 g/mol. The molecule has 0 spiro atoms. The summed E-state index contributed by atoms with van der Waals surface area (Å²) < 4.78 is 38.7. The van der Waals surface area contributed by atoms with Gasteiger partial charge in [0.2, 0.25) is 0 Å². The number of nitro groups is 1. The van der Waals surface area contributed by atoms with Crippen molar-refractivity contribution in [1.82, 2.24) is 0 Å². The maximum atomic E-state index is 12.9. The van der Waals surface area contributed by atoms with Crippen molar-refractivity contribution in [3.8, 4) is 0 Å². The number of nitro benzene ring substituents is 1. The number of benzene rings is 1. The summed E-state index contributed by atoms with van der Waals surface area (Å²) in [5, 5.41) is 20.3. The molecule has 1 N–H and O–H groups in total. The van der Waals surface area contributed by atoms with Crippen molar-refractivity contribution >= 4 is 5.69 Å². The van der Waals surface area contributed by atoms with Crippen LogP contribution in [-0.4, -0.2) is 16.1 Å². The Labute approximate surface area is 114 Å². The highest BCUT2D eigenvalue weighted by Crippen LogP contribution is 2.35. The molecule has 1 aromatic rings. The lowest BCUT2D eigenvalue weighted by molar-refractivity contribution is -0.385. The zero-order valence-corrected chi connectivity index (χ0v) is 11.1. The SMILES string of the molecule is CC(C)CC(O)Cc1ccc([N+](=O)[O-])cc1C(F)(F)F. The van der Waals surface area contributed by atoms with Crippen LogP contribution in [0.15, 0.2) is 18.2 Å². The van der Waals surface area contributed by atoms with E-state index < -0.39 is 28.5 Å². The van der Waals surface area contributed by atoms with Crippen LogP contribution in [0, 0.1) is 16.0 Å². The molecule has 0 saturated heterocycles. The van der Waals surface area contributed by atoms with Crippen molar-refractivity contribution in [3.05, 3.63) is 39.4 Å². The van der Waals surface area contributed by atoms with Gasteiger partial charge in [0.25, 0.3) is 5.69 Å². The molecule has 0 aliphatic heterocycles. The summed E-state index contributed by atoms with van der Waals surface area (Å²) in [5.74, 6) is 0.150. The second-order valence-corrected chi connectivity index (χ2v) is 5.08. The van der Waals surface area contributed by atoms with E-state index in [0.29, 0.717) is 12.5 Å². The lowest BCUT2D eigenvalue weighted by Gasteiger charge is -2.17. The summed E-state index contributed by atoms with van der Waals surface area (Å²) in [6.45, 7) is 3.70. The summed E-state index contributed by atoms with van der Waals surface area (Å²) in [6.07, 6.45) is -5.39. The summed E-state index contributed by atoms with van der Waals surface area (Å²) >= 11 is 0. The quantitative estimate of drug-likeness (QED) is 0.666. The van der Waals surface area contributed by atoms with Crippen molar-refractivity contribution in [2.24, 2.45) is 5.92 Å². The molecule has 0 amide bonds. The first kappa shape index (κ1) is 16.4. The first-order valence-corrected chi connectivity index (χ1v) is 6.13. The second kappa shape index (κ2) is 6.21. The van der Waals surface area contributed by atoms with Gasteiger partial charge in [0, 0.05) is 12.1 Å². The first-order valence-electron chi connectivity index (χ1n) is 6.13. The number of alkyl halides is 3. The number of aliphatic hydroxyl groups excluding tert-OH is 1. The van der Waals surface area contributed by atoms with E-state index in [2.05, 4.69) is 0 Å². The maximum Gasteiger partial charge on any atom is 0.416 e.